The van der Waals surface area contributed by atoms with E-state index in [1.54, 1.807) is 72.8 Å². The number of aryl methyl sites for hydroxylation is 1. The zero-order valence-electron chi connectivity index (χ0n) is 72.0. The number of fused-ring (bicyclic) bond motifs is 6. The topological polar surface area (TPSA) is 35.9 Å². The maximum absolute atomic E-state index is 10.3. The number of rotatable bonds is 8. The van der Waals surface area contributed by atoms with Gasteiger partial charge in [0.1, 0.15) is 17.3 Å². The van der Waals surface area contributed by atoms with Gasteiger partial charge in [0, 0.05) is 65.6 Å². The standard InChI is InChI=1S/C69H62N4O/c1-44-35-64(70-40-55(44)45-19-11-10-12-20-45)73-60-26-14-13-23-53(60)54-32-31-50(39-63(54)73)74-49-22-17-21-48(38-49)71-43-72(62-28-16-15-27-61(62)71)65-51(46-29-33-56-58(36-46)68(6,7)41-66(56,2)3)24-18-25-52(65)47-30-34-57-59(37-47)69(8,9)42-67(57,4)5/h10-40H,41-42H2,1-9H3/i1D3,2D3,3D3,4D3,5D3,6D3,7D3,8D3,9D3,29D,30D,33D,34D,36D,37D. The molecule has 364 valence electrons. The van der Waals surface area contributed by atoms with Gasteiger partial charge in [-0.15, -0.1) is 0 Å². The molecule has 3 heterocycles. The minimum atomic E-state index is -3.95. The zero-order chi connectivity index (χ0) is 78.6. The van der Waals surface area contributed by atoms with Crippen LogP contribution in [0.2, 0.25) is 0 Å². The summed E-state index contributed by atoms with van der Waals surface area (Å²) in [6.07, 6.45) is 1.18. The highest BCUT2D eigenvalue weighted by molar-refractivity contribution is 6.09. The number of pyridine rings is 1. The highest BCUT2D eigenvalue weighted by Gasteiger charge is 2.43. The minimum Gasteiger partial charge on any atom is -0.458 e. The maximum atomic E-state index is 10.3. The second-order valence-electron chi connectivity index (χ2n) is 19.0. The summed E-state index contributed by atoms with van der Waals surface area (Å²) in [4.78, 5) is 4.82. The van der Waals surface area contributed by atoms with Gasteiger partial charge in [-0.1, -0.05) is 188 Å². The Morgan fingerprint density at radius 1 is 0.541 bits per heavy atom. The van der Waals surface area contributed by atoms with Crippen LogP contribution >= 0.6 is 0 Å². The summed E-state index contributed by atoms with van der Waals surface area (Å²) in [6.45, 7) is -34.0. The highest BCUT2D eigenvalue weighted by Crippen LogP contribution is 2.52. The van der Waals surface area contributed by atoms with E-state index in [1.807, 2.05) is 41.0 Å². The quantitative estimate of drug-likeness (QED) is 0.112. The predicted octanol–water partition coefficient (Wildman–Crippen LogP) is 17.2. The molecular formula is C69H62N4O. The molecule has 2 aliphatic rings. The molecule has 5 nitrogen and oxygen atoms in total. The lowest BCUT2D eigenvalue weighted by molar-refractivity contribution is -0.571. The molecule has 8 aromatic carbocycles. The van der Waals surface area contributed by atoms with Crippen molar-refractivity contribution in [3.05, 3.63) is 222 Å². The Hall–Kier alpha value is -8.02. The van der Waals surface area contributed by atoms with E-state index in [9.17, 15) is 8.22 Å². The van der Waals surface area contributed by atoms with Gasteiger partial charge in [0.05, 0.1) is 41.7 Å². The Kier molecular flexibility index (Phi) is 5.04. The normalized spacial score (nSPS) is 24.0. The summed E-state index contributed by atoms with van der Waals surface area (Å²) in [5.74, 6) is 0.716. The van der Waals surface area contributed by atoms with Crippen molar-refractivity contribution in [3.63, 3.8) is 0 Å². The fourth-order valence-corrected chi connectivity index (χ4v) is 10.6. The number of para-hydroxylation sites is 4. The lowest BCUT2D eigenvalue weighted by atomic mass is 9.82. The number of imidazole rings is 1. The first-order chi connectivity index (χ1) is 49.3. The molecule has 0 unspecified atom stereocenters. The number of ether oxygens (including phenoxy) is 1. The Labute approximate surface area is 481 Å². The molecule has 13 rings (SSSR count). The Bertz CT molecular complexity index is 5250. The van der Waals surface area contributed by atoms with E-state index < -0.39 is 183 Å². The summed E-state index contributed by atoms with van der Waals surface area (Å²) >= 11 is 0. The van der Waals surface area contributed by atoms with Crippen molar-refractivity contribution < 1.29 is 54.5 Å². The minimum absolute atomic E-state index is 0.0415. The molecule has 0 atom stereocenters. The van der Waals surface area contributed by atoms with Crippen LogP contribution in [0.15, 0.2) is 188 Å². The van der Waals surface area contributed by atoms with Crippen molar-refractivity contribution in [2.45, 2.75) is 96.2 Å². The van der Waals surface area contributed by atoms with Gasteiger partial charge in [-0.25, -0.2) is 4.98 Å². The molecule has 3 aromatic heterocycles. The van der Waals surface area contributed by atoms with Crippen LogP contribution < -0.4 is 9.30 Å². The van der Waals surface area contributed by atoms with Crippen LogP contribution in [0.4, 0.5) is 0 Å². The third-order valence-electron chi connectivity index (χ3n) is 13.9. The van der Waals surface area contributed by atoms with Crippen molar-refractivity contribution in [1.29, 1.82) is 0 Å². The van der Waals surface area contributed by atoms with Crippen LogP contribution in [0.1, 0.15) is 141 Å². The lowest BCUT2D eigenvalue weighted by Crippen LogP contribution is -2.31. The highest BCUT2D eigenvalue weighted by atomic mass is 16.5. The van der Waals surface area contributed by atoms with Crippen LogP contribution in [0.25, 0.3) is 83.4 Å². The maximum Gasteiger partial charge on any atom is 0.269 e. The fraction of sp³-hybridized carbons (Fsp3) is 0.217. The summed E-state index contributed by atoms with van der Waals surface area (Å²) in [6, 6.07) is 31.4. The van der Waals surface area contributed by atoms with Crippen LogP contribution in [-0.4, -0.2) is 14.1 Å². The second-order valence-corrected chi connectivity index (χ2v) is 19.0. The molecule has 0 fully saturated rings. The number of nitrogens with zero attached hydrogens (tertiary/aromatic N) is 4. The molecule has 0 bridgehead atoms. The summed E-state index contributed by atoms with van der Waals surface area (Å²) < 4.78 is 310. The lowest BCUT2D eigenvalue weighted by Gasteiger charge is -2.23. The van der Waals surface area contributed by atoms with Crippen molar-refractivity contribution in [2.24, 2.45) is 0 Å². The van der Waals surface area contributed by atoms with Gasteiger partial charge in [0.15, 0.2) is 0 Å². The molecule has 0 spiro atoms. The van der Waals surface area contributed by atoms with E-state index in [4.69, 9.17) is 46.7 Å². The summed E-state index contributed by atoms with van der Waals surface area (Å²) in [5, 5.41) is 1.54. The Balaban J connectivity index is 1.09. The molecule has 5 heteroatoms. The van der Waals surface area contributed by atoms with E-state index in [2.05, 4.69) is 6.33 Å². The van der Waals surface area contributed by atoms with Crippen molar-refractivity contribution >= 4 is 32.8 Å². The number of benzene rings is 8. The molecule has 2 aliphatic carbocycles. The van der Waals surface area contributed by atoms with E-state index in [-0.39, 0.29) is 39.6 Å². The van der Waals surface area contributed by atoms with Crippen molar-refractivity contribution in [3.8, 4) is 62.1 Å². The van der Waals surface area contributed by atoms with Crippen LogP contribution in [0.5, 0.6) is 11.5 Å². The number of aromatic nitrogens is 4. The van der Waals surface area contributed by atoms with E-state index >= 15 is 0 Å². The van der Waals surface area contributed by atoms with E-state index in [1.165, 1.54) is 33.5 Å². The first-order valence-electron chi connectivity index (χ1n) is 40.1. The summed E-state index contributed by atoms with van der Waals surface area (Å²) in [7, 11) is 0. The third-order valence-corrected chi connectivity index (χ3v) is 13.9. The van der Waals surface area contributed by atoms with Crippen molar-refractivity contribution in [2.75, 3.05) is 0 Å². The van der Waals surface area contributed by atoms with E-state index in [0.717, 1.165) is 29.0 Å². The van der Waals surface area contributed by atoms with Crippen LogP contribution in [0, 0.1) is 13.2 Å². The second kappa shape index (κ2) is 16.5. The molecule has 0 radical (unpaired) electrons. The average molecular weight is 996 g/mol. The van der Waals surface area contributed by atoms with Gasteiger partial charge in [-0.2, -0.15) is 0 Å². The third kappa shape index (κ3) is 7.34. The molecule has 0 N–H and O–H groups in total. The Morgan fingerprint density at radius 3 is 1.84 bits per heavy atom. The molecule has 0 amide bonds. The van der Waals surface area contributed by atoms with Gasteiger partial charge < -0.3 is 4.74 Å². The molecule has 0 saturated carbocycles. The number of hydrogen-bond acceptors (Lipinski definition) is 2. The van der Waals surface area contributed by atoms with Crippen molar-refractivity contribution in [1.82, 2.24) is 14.1 Å². The predicted molar refractivity (Wildman–Crippen MR) is 305 cm³/mol. The molecule has 11 aromatic rings. The average Bonchev–Trinajstić information content (AvgIpc) is 1.50. The molecule has 0 saturated heterocycles. The van der Waals surface area contributed by atoms with E-state index in [0.29, 0.717) is 22.2 Å². The largest absolute Gasteiger partial charge is 0.458 e. The van der Waals surface area contributed by atoms with Crippen LogP contribution in [-0.2, 0) is 21.7 Å². The van der Waals surface area contributed by atoms with Crippen LogP contribution in [0.3, 0.4) is 0 Å². The molecule has 74 heavy (non-hydrogen) atoms. The van der Waals surface area contributed by atoms with Gasteiger partial charge in [-0.05, 0) is 139 Å². The number of hydrogen-bond donors (Lipinski definition) is 0. The fourth-order valence-electron chi connectivity index (χ4n) is 10.6. The van der Waals surface area contributed by atoms with Gasteiger partial charge in [0.25, 0.3) is 6.33 Å². The first kappa shape index (κ1) is 22.6. The first-order valence-corrected chi connectivity index (χ1v) is 23.6. The molecular weight excluding hydrogens is 901 g/mol. The van der Waals surface area contributed by atoms with Gasteiger partial charge >= 0.3 is 0 Å². The molecule has 0 aliphatic heterocycles. The smallest absolute Gasteiger partial charge is 0.269 e. The van der Waals surface area contributed by atoms with Gasteiger partial charge in [0.2, 0.25) is 0 Å². The summed E-state index contributed by atoms with van der Waals surface area (Å²) in [5.41, 5.74) is -20.2. The monoisotopic (exact) mass is 996 g/mol. The SMILES string of the molecule is [2H]c1c([2H])c2c(c([2H])c1-c1cccc(-c3c([2H])c([2H])c4c(c3[2H])C(C([2H])([2H])[2H])(C([2H])([2H])[2H])CC4(C([2H])([2H])[2H])C([2H])([2H])[2H])c1-[n+]1[c-]n(-c3cccc(Oc4ccc5c6ccccc6n(-c6cc(C([2H])([2H])[2H])c(-c7ccccc7)cn6)c5c4)c3)c3ccccc31)C(C([2H])([2H])[2H])(C([2H])([2H])[2H])CC2(C([2H])([2H])[2H])C([2H])([2H])[2H]. The zero-order valence-corrected chi connectivity index (χ0v) is 39.0. The Morgan fingerprint density at radius 2 is 1.15 bits per heavy atom. The van der Waals surface area contributed by atoms with Gasteiger partial charge in [-0.3, -0.25) is 13.7 Å².